The summed E-state index contributed by atoms with van der Waals surface area (Å²) in [5.41, 5.74) is 0.947. The summed E-state index contributed by atoms with van der Waals surface area (Å²) in [4.78, 5) is 24.4. The molecule has 2 unspecified atom stereocenters. The Balaban J connectivity index is 2.23. The molecule has 1 saturated heterocycles. The second kappa shape index (κ2) is 6.48. The predicted octanol–water partition coefficient (Wildman–Crippen LogP) is 2.30. The molecule has 2 atom stereocenters. The van der Waals surface area contributed by atoms with Gasteiger partial charge in [-0.25, -0.2) is 0 Å². The zero-order valence-electron chi connectivity index (χ0n) is 11.1. The van der Waals surface area contributed by atoms with E-state index in [4.69, 9.17) is 4.74 Å². The minimum atomic E-state index is -0.392. The van der Waals surface area contributed by atoms with Gasteiger partial charge >= 0.3 is 0 Å². The lowest BCUT2D eigenvalue weighted by molar-refractivity contribution is -0.151. The van der Waals surface area contributed by atoms with Gasteiger partial charge in [0.1, 0.15) is 5.78 Å². The maximum absolute atomic E-state index is 11.6. The smallest absolute Gasteiger partial charge is 0.294 e. The lowest BCUT2D eigenvalue weighted by atomic mass is 9.97. The van der Waals surface area contributed by atoms with Crippen LogP contribution in [0.1, 0.15) is 38.0 Å². The number of benzene rings is 1. The Morgan fingerprint density at radius 1 is 1.42 bits per heavy atom. The van der Waals surface area contributed by atoms with E-state index in [1.54, 1.807) is 0 Å². The van der Waals surface area contributed by atoms with Gasteiger partial charge < -0.3 is 4.74 Å². The second-order valence-corrected chi connectivity index (χ2v) is 4.79. The van der Waals surface area contributed by atoms with Gasteiger partial charge in [0.2, 0.25) is 0 Å². The SMILES string of the molecule is CCC1CC(=O)CCN1C(OC=O)c1ccccc1. The average Bonchev–Trinajstić information content (AvgIpc) is 2.46. The van der Waals surface area contributed by atoms with Crippen LogP contribution in [0.2, 0.25) is 0 Å². The Labute approximate surface area is 113 Å². The highest BCUT2D eigenvalue weighted by Crippen LogP contribution is 2.29. The van der Waals surface area contributed by atoms with Crippen LogP contribution < -0.4 is 0 Å². The molecular weight excluding hydrogens is 242 g/mol. The van der Waals surface area contributed by atoms with Gasteiger partial charge in [-0.15, -0.1) is 0 Å². The van der Waals surface area contributed by atoms with E-state index in [9.17, 15) is 9.59 Å². The molecule has 0 radical (unpaired) electrons. The molecular formula is C15H19NO3. The fourth-order valence-corrected chi connectivity index (χ4v) is 2.62. The van der Waals surface area contributed by atoms with Crippen LogP contribution in [0.15, 0.2) is 30.3 Å². The fourth-order valence-electron chi connectivity index (χ4n) is 2.62. The van der Waals surface area contributed by atoms with Crippen LogP contribution in [0.3, 0.4) is 0 Å². The number of hydrogen-bond acceptors (Lipinski definition) is 4. The highest BCUT2D eigenvalue weighted by molar-refractivity contribution is 5.80. The summed E-state index contributed by atoms with van der Waals surface area (Å²) in [6.07, 6.45) is 1.55. The van der Waals surface area contributed by atoms with Gasteiger partial charge in [-0.3, -0.25) is 14.5 Å². The van der Waals surface area contributed by atoms with E-state index in [0.29, 0.717) is 31.6 Å². The van der Waals surface area contributed by atoms with E-state index in [1.165, 1.54) is 0 Å². The average molecular weight is 261 g/mol. The number of Topliss-reactive ketones (excluding diaryl/α,β-unsaturated/α-hetero) is 1. The van der Waals surface area contributed by atoms with Gasteiger partial charge in [0.25, 0.3) is 6.47 Å². The number of hydrogen-bond donors (Lipinski definition) is 0. The van der Waals surface area contributed by atoms with Gasteiger partial charge in [0.05, 0.1) is 0 Å². The minimum Gasteiger partial charge on any atom is -0.444 e. The third-order valence-corrected chi connectivity index (χ3v) is 3.62. The maximum Gasteiger partial charge on any atom is 0.294 e. The van der Waals surface area contributed by atoms with Crippen LogP contribution >= 0.6 is 0 Å². The number of nitrogens with zero attached hydrogens (tertiary/aromatic N) is 1. The normalized spacial score (nSPS) is 21.9. The Hall–Kier alpha value is -1.68. The first-order valence-corrected chi connectivity index (χ1v) is 6.67. The van der Waals surface area contributed by atoms with Gasteiger partial charge in [-0.05, 0) is 6.42 Å². The number of ketones is 1. The molecule has 19 heavy (non-hydrogen) atoms. The molecule has 0 amide bonds. The van der Waals surface area contributed by atoms with E-state index < -0.39 is 6.23 Å². The molecule has 1 heterocycles. The van der Waals surface area contributed by atoms with E-state index in [-0.39, 0.29) is 6.04 Å². The quantitative estimate of drug-likeness (QED) is 0.763. The molecule has 1 aromatic rings. The number of ether oxygens (including phenoxy) is 1. The summed E-state index contributed by atoms with van der Waals surface area (Å²) in [6, 6.07) is 9.80. The van der Waals surface area contributed by atoms with Crippen LogP contribution in [0.25, 0.3) is 0 Å². The highest BCUT2D eigenvalue weighted by atomic mass is 16.5. The van der Waals surface area contributed by atoms with Crippen molar-refractivity contribution >= 4 is 12.3 Å². The van der Waals surface area contributed by atoms with Crippen molar-refractivity contribution in [3.8, 4) is 0 Å². The third-order valence-electron chi connectivity index (χ3n) is 3.62. The summed E-state index contributed by atoms with van der Waals surface area (Å²) >= 11 is 0. The number of carbonyl (C=O) groups is 2. The molecule has 1 fully saturated rings. The fraction of sp³-hybridized carbons (Fsp3) is 0.467. The zero-order valence-corrected chi connectivity index (χ0v) is 11.1. The summed E-state index contributed by atoms with van der Waals surface area (Å²) in [5, 5.41) is 0. The van der Waals surface area contributed by atoms with Crippen LogP contribution in [0.4, 0.5) is 0 Å². The summed E-state index contributed by atoms with van der Waals surface area (Å²) in [7, 11) is 0. The monoisotopic (exact) mass is 261 g/mol. The van der Waals surface area contributed by atoms with E-state index in [1.807, 2.05) is 30.3 Å². The molecule has 0 saturated carbocycles. The lowest BCUT2D eigenvalue weighted by Crippen LogP contribution is -2.45. The minimum absolute atomic E-state index is 0.145. The molecule has 0 spiro atoms. The molecule has 1 aromatic carbocycles. The van der Waals surface area contributed by atoms with Crippen LogP contribution in [0, 0.1) is 0 Å². The van der Waals surface area contributed by atoms with Crippen molar-refractivity contribution in [1.29, 1.82) is 0 Å². The van der Waals surface area contributed by atoms with Crippen LogP contribution in [0.5, 0.6) is 0 Å². The first-order valence-electron chi connectivity index (χ1n) is 6.67. The van der Waals surface area contributed by atoms with Crippen molar-refractivity contribution < 1.29 is 14.3 Å². The summed E-state index contributed by atoms with van der Waals surface area (Å²) in [5.74, 6) is 0.293. The summed E-state index contributed by atoms with van der Waals surface area (Å²) in [6.45, 7) is 3.19. The molecule has 4 heteroatoms. The van der Waals surface area contributed by atoms with Crippen molar-refractivity contribution in [1.82, 2.24) is 4.90 Å². The Morgan fingerprint density at radius 2 is 2.16 bits per heavy atom. The van der Waals surface area contributed by atoms with Gasteiger partial charge in [0.15, 0.2) is 6.23 Å². The van der Waals surface area contributed by atoms with Crippen molar-refractivity contribution in [2.24, 2.45) is 0 Å². The molecule has 102 valence electrons. The molecule has 0 aliphatic carbocycles. The largest absolute Gasteiger partial charge is 0.444 e. The molecule has 2 rings (SSSR count). The predicted molar refractivity (Wildman–Crippen MR) is 71.4 cm³/mol. The maximum atomic E-state index is 11.6. The number of rotatable bonds is 5. The first kappa shape index (κ1) is 13.7. The number of likely N-dealkylation sites (tertiary alicyclic amines) is 1. The molecule has 1 aliphatic heterocycles. The van der Waals surface area contributed by atoms with Crippen molar-refractivity contribution in [3.63, 3.8) is 0 Å². The van der Waals surface area contributed by atoms with Gasteiger partial charge in [-0.1, -0.05) is 37.3 Å². The zero-order chi connectivity index (χ0) is 13.7. The van der Waals surface area contributed by atoms with Crippen LogP contribution in [-0.2, 0) is 14.3 Å². The van der Waals surface area contributed by atoms with E-state index >= 15 is 0 Å². The molecule has 0 aromatic heterocycles. The van der Waals surface area contributed by atoms with Gasteiger partial charge in [-0.2, -0.15) is 0 Å². The van der Waals surface area contributed by atoms with Crippen molar-refractivity contribution in [3.05, 3.63) is 35.9 Å². The lowest BCUT2D eigenvalue weighted by Gasteiger charge is -2.39. The highest BCUT2D eigenvalue weighted by Gasteiger charge is 2.32. The Bertz CT molecular complexity index is 432. The van der Waals surface area contributed by atoms with Crippen molar-refractivity contribution in [2.75, 3.05) is 6.54 Å². The first-order chi connectivity index (χ1) is 9.26. The Morgan fingerprint density at radius 3 is 2.79 bits per heavy atom. The second-order valence-electron chi connectivity index (χ2n) is 4.79. The number of piperidine rings is 1. The van der Waals surface area contributed by atoms with E-state index in [2.05, 4.69) is 11.8 Å². The van der Waals surface area contributed by atoms with Gasteiger partial charge in [0, 0.05) is 31.0 Å². The Kier molecular flexibility index (Phi) is 4.68. The van der Waals surface area contributed by atoms with E-state index in [0.717, 1.165) is 12.0 Å². The molecule has 4 nitrogen and oxygen atoms in total. The molecule has 0 bridgehead atoms. The standard InChI is InChI=1S/C15H19NO3/c1-2-13-10-14(18)8-9-16(13)15(19-11-17)12-6-4-3-5-7-12/h3-7,11,13,15H,2,8-10H2,1H3. The van der Waals surface area contributed by atoms with Crippen molar-refractivity contribution in [2.45, 2.75) is 38.5 Å². The van der Waals surface area contributed by atoms with Crippen LogP contribution in [-0.4, -0.2) is 29.7 Å². The summed E-state index contributed by atoms with van der Waals surface area (Å²) < 4.78 is 5.27. The molecule has 1 aliphatic rings. The number of carbonyl (C=O) groups excluding carboxylic acids is 2. The molecule has 0 N–H and O–H groups in total. The third kappa shape index (κ3) is 3.20. The topological polar surface area (TPSA) is 46.6 Å².